The maximum atomic E-state index is 11.9. The van der Waals surface area contributed by atoms with Gasteiger partial charge >= 0.3 is 179 Å². The van der Waals surface area contributed by atoms with Crippen LogP contribution in [0.5, 0.6) is 0 Å². The van der Waals surface area contributed by atoms with Crippen LogP contribution < -0.4 is 0 Å². The van der Waals surface area contributed by atoms with Crippen LogP contribution in [0.25, 0.3) is 0 Å². The summed E-state index contributed by atoms with van der Waals surface area (Å²) < 4.78 is 10.5. The summed E-state index contributed by atoms with van der Waals surface area (Å²) in [7, 11) is 0. The van der Waals surface area contributed by atoms with Crippen molar-refractivity contribution in [1.29, 1.82) is 0 Å². The summed E-state index contributed by atoms with van der Waals surface area (Å²) in [6, 6.07) is 0. The Kier molecular flexibility index (Phi) is 35.0. The minimum atomic E-state index is -2.04. The molecule has 0 aliphatic heterocycles. The third-order valence-corrected chi connectivity index (χ3v) is 10.0. The summed E-state index contributed by atoms with van der Waals surface area (Å²) in [5.41, 5.74) is 0. The van der Waals surface area contributed by atoms with Crippen LogP contribution in [-0.2, 0) is 15.0 Å². The Balaban J connectivity index is 3.35. The number of carbonyl (C=O) groups excluding carboxylic acids is 2. The van der Waals surface area contributed by atoms with E-state index in [2.05, 4.69) is 38.2 Å². The van der Waals surface area contributed by atoms with Crippen LogP contribution >= 0.6 is 0 Å². The Labute approximate surface area is 268 Å². The molecule has 41 heavy (non-hydrogen) atoms. The van der Waals surface area contributed by atoms with E-state index in [4.69, 9.17) is 5.37 Å². The molecule has 0 rings (SSSR count). The fraction of sp³-hybridized carbons (Fsp3) is 0.833. The predicted molar refractivity (Wildman–Crippen MR) is 177 cm³/mol. The van der Waals surface area contributed by atoms with E-state index < -0.39 is 25.1 Å². The summed E-state index contributed by atoms with van der Waals surface area (Å²) in [6.07, 6.45) is 42.6. The fourth-order valence-corrected chi connectivity index (χ4v) is 6.57. The van der Waals surface area contributed by atoms with Crippen molar-refractivity contribution in [3.8, 4) is 0 Å². The van der Waals surface area contributed by atoms with Crippen LogP contribution in [-0.4, -0.2) is 37.1 Å². The molecule has 0 heterocycles. The van der Waals surface area contributed by atoms with E-state index >= 15 is 0 Å². The SMILES string of the molecule is CCCCCCCC/C=C\CCCCCCCC(=O)[O][Pb][O]C(=O)CCCCCCC/C=C\CCCCCCCC. The average Bonchev–Trinajstić information content (AvgIpc) is 2.97. The van der Waals surface area contributed by atoms with Crippen molar-refractivity contribution >= 4 is 37.1 Å². The molecular formula is C36H66O4Pb. The topological polar surface area (TPSA) is 52.6 Å². The molecule has 238 valence electrons. The molecule has 0 aliphatic carbocycles. The van der Waals surface area contributed by atoms with Crippen molar-refractivity contribution in [3.63, 3.8) is 0 Å². The molecule has 0 fully saturated rings. The number of rotatable bonds is 32. The maximum absolute atomic E-state index is 11.9. The Hall–Kier alpha value is -0.658. The third-order valence-electron chi connectivity index (χ3n) is 7.60. The molecule has 0 amide bonds. The van der Waals surface area contributed by atoms with Crippen LogP contribution in [0.2, 0.25) is 0 Å². The molecular weight excluding hydrogens is 704 g/mol. The van der Waals surface area contributed by atoms with Gasteiger partial charge in [-0.15, -0.1) is 0 Å². The van der Waals surface area contributed by atoms with Crippen LogP contribution in [0.1, 0.15) is 194 Å². The molecule has 0 saturated carbocycles. The van der Waals surface area contributed by atoms with Crippen molar-refractivity contribution in [1.82, 2.24) is 0 Å². The first-order valence-electron chi connectivity index (χ1n) is 17.6. The van der Waals surface area contributed by atoms with Gasteiger partial charge in [0.25, 0.3) is 0 Å². The first-order valence-corrected chi connectivity index (χ1v) is 20.8. The van der Waals surface area contributed by atoms with E-state index in [1.807, 2.05) is 0 Å². The molecule has 0 saturated heterocycles. The van der Waals surface area contributed by atoms with E-state index in [1.54, 1.807) is 0 Å². The van der Waals surface area contributed by atoms with E-state index in [0.29, 0.717) is 12.8 Å². The van der Waals surface area contributed by atoms with Crippen molar-refractivity contribution in [2.24, 2.45) is 0 Å². The number of allylic oxidation sites excluding steroid dienone is 4. The number of hydrogen-bond donors (Lipinski definition) is 0. The van der Waals surface area contributed by atoms with E-state index in [9.17, 15) is 9.59 Å². The molecule has 0 aromatic heterocycles. The van der Waals surface area contributed by atoms with Gasteiger partial charge in [-0.2, -0.15) is 0 Å². The van der Waals surface area contributed by atoms with Gasteiger partial charge < -0.3 is 0 Å². The Morgan fingerprint density at radius 1 is 0.415 bits per heavy atom. The van der Waals surface area contributed by atoms with Crippen molar-refractivity contribution in [2.75, 3.05) is 0 Å². The van der Waals surface area contributed by atoms with E-state index in [1.165, 1.54) is 141 Å². The van der Waals surface area contributed by atoms with Gasteiger partial charge in [0.2, 0.25) is 0 Å². The van der Waals surface area contributed by atoms with Crippen LogP contribution in [0.4, 0.5) is 0 Å². The molecule has 0 bridgehead atoms. The van der Waals surface area contributed by atoms with Crippen molar-refractivity contribution in [2.45, 2.75) is 194 Å². The second-order valence-corrected chi connectivity index (χ2v) is 13.9. The standard InChI is InChI=1S/2C18H34O2.Pb/c2*1-2-3-4-5-6-7-8-9-10-11-12-13-14-15-16-17-18(19)20;/h2*9-10H,2-8,11-17H2,1H3,(H,19,20);/q;;+2/p-2/b2*10-9-;. The number of unbranched alkanes of at least 4 members (excludes halogenated alkanes) is 22. The first kappa shape index (κ1) is 40.3. The zero-order valence-electron chi connectivity index (χ0n) is 27.2. The molecule has 5 heteroatoms. The molecule has 0 aromatic carbocycles. The van der Waals surface area contributed by atoms with Gasteiger partial charge in [0.15, 0.2) is 0 Å². The Morgan fingerprint density at radius 3 is 1.00 bits per heavy atom. The third kappa shape index (κ3) is 35.4. The minimum absolute atomic E-state index is 0.181. The average molecular weight is 770 g/mol. The van der Waals surface area contributed by atoms with Gasteiger partial charge in [0, 0.05) is 0 Å². The van der Waals surface area contributed by atoms with Gasteiger partial charge in [0.05, 0.1) is 0 Å². The fourth-order valence-electron chi connectivity index (χ4n) is 4.90. The van der Waals surface area contributed by atoms with Gasteiger partial charge in [-0.3, -0.25) is 0 Å². The van der Waals surface area contributed by atoms with Gasteiger partial charge in [-0.1, -0.05) is 78.1 Å². The van der Waals surface area contributed by atoms with Gasteiger partial charge in [-0.05, 0) is 12.8 Å². The Bertz CT molecular complexity index is 565. The van der Waals surface area contributed by atoms with E-state index in [0.717, 1.165) is 25.7 Å². The zero-order valence-corrected chi connectivity index (χ0v) is 31.1. The molecule has 0 aromatic rings. The second-order valence-electron chi connectivity index (χ2n) is 11.7. The predicted octanol–water partition coefficient (Wildman–Crippen LogP) is 11.7. The smallest absolute Gasteiger partial charge is 0.0654 e. The molecule has 0 atom stereocenters. The quantitative estimate of drug-likeness (QED) is 0.0388. The van der Waals surface area contributed by atoms with Gasteiger partial charge in [-0.25, -0.2) is 0 Å². The Morgan fingerprint density at radius 2 is 0.683 bits per heavy atom. The molecule has 0 N–H and O–H groups in total. The first-order chi connectivity index (χ1) is 20.2. The summed E-state index contributed by atoms with van der Waals surface area (Å²) in [6.45, 7) is 4.53. The molecule has 0 unspecified atom stereocenters. The zero-order chi connectivity index (χ0) is 29.9. The van der Waals surface area contributed by atoms with Crippen LogP contribution in [0.3, 0.4) is 0 Å². The van der Waals surface area contributed by atoms with Crippen LogP contribution in [0, 0.1) is 0 Å². The van der Waals surface area contributed by atoms with E-state index in [-0.39, 0.29) is 11.9 Å². The summed E-state index contributed by atoms with van der Waals surface area (Å²) in [5, 5.41) is 0. The molecule has 4 nitrogen and oxygen atoms in total. The molecule has 0 spiro atoms. The summed E-state index contributed by atoms with van der Waals surface area (Å²) in [4.78, 5) is 23.8. The normalized spacial score (nSPS) is 11.6. The number of carbonyl (C=O) groups is 2. The van der Waals surface area contributed by atoms with Crippen molar-refractivity contribution in [3.05, 3.63) is 24.3 Å². The molecule has 2 radical (unpaired) electrons. The number of hydrogen-bond acceptors (Lipinski definition) is 4. The molecule has 0 aliphatic rings. The van der Waals surface area contributed by atoms with Crippen LogP contribution in [0.15, 0.2) is 24.3 Å². The van der Waals surface area contributed by atoms with Gasteiger partial charge in [0.1, 0.15) is 0 Å². The summed E-state index contributed by atoms with van der Waals surface area (Å²) >= 11 is -2.04. The minimum Gasteiger partial charge on any atom is -0.0654 e. The van der Waals surface area contributed by atoms with Crippen molar-refractivity contribution < 1.29 is 15.0 Å². The summed E-state index contributed by atoms with van der Waals surface area (Å²) in [5.74, 6) is -0.362. The second kappa shape index (κ2) is 35.5. The monoisotopic (exact) mass is 770 g/mol.